The Balaban J connectivity index is 1.85. The second-order valence-corrected chi connectivity index (χ2v) is 6.15. The van der Waals surface area contributed by atoms with Crippen molar-refractivity contribution in [2.45, 2.75) is 25.9 Å². The van der Waals surface area contributed by atoms with E-state index < -0.39 is 0 Å². The van der Waals surface area contributed by atoms with E-state index in [1.54, 1.807) is 0 Å². The van der Waals surface area contributed by atoms with Crippen LogP contribution in [0.2, 0.25) is 0 Å². The summed E-state index contributed by atoms with van der Waals surface area (Å²) in [5.74, 6) is 2.55. The molecule has 1 saturated carbocycles. The first-order chi connectivity index (χ1) is 10.6. The molecule has 2 rings (SSSR count). The SMILES string of the molecule is CN=C(NCc1ccccc1OCCN(C)C)NC1CC1C. The Hall–Kier alpha value is -1.75. The summed E-state index contributed by atoms with van der Waals surface area (Å²) in [6.07, 6.45) is 1.23. The summed E-state index contributed by atoms with van der Waals surface area (Å²) < 4.78 is 5.88. The highest BCUT2D eigenvalue weighted by Gasteiger charge is 2.33. The first-order valence-corrected chi connectivity index (χ1v) is 7.92. The van der Waals surface area contributed by atoms with Gasteiger partial charge in [0.05, 0.1) is 0 Å². The van der Waals surface area contributed by atoms with Crippen LogP contribution in [-0.2, 0) is 6.54 Å². The fourth-order valence-electron chi connectivity index (χ4n) is 2.20. The van der Waals surface area contributed by atoms with E-state index in [-0.39, 0.29) is 0 Å². The summed E-state index contributed by atoms with van der Waals surface area (Å²) in [5.41, 5.74) is 1.15. The lowest BCUT2D eigenvalue weighted by Crippen LogP contribution is -2.38. The molecule has 0 radical (unpaired) electrons. The minimum atomic E-state index is 0.567. The molecule has 1 aromatic carbocycles. The van der Waals surface area contributed by atoms with Gasteiger partial charge in [-0.3, -0.25) is 4.99 Å². The molecular formula is C17H28N4O. The Morgan fingerprint density at radius 2 is 2.09 bits per heavy atom. The van der Waals surface area contributed by atoms with Crippen molar-refractivity contribution >= 4 is 5.96 Å². The van der Waals surface area contributed by atoms with Crippen LogP contribution in [0.25, 0.3) is 0 Å². The van der Waals surface area contributed by atoms with Gasteiger partial charge in [0.15, 0.2) is 5.96 Å². The zero-order valence-corrected chi connectivity index (χ0v) is 14.1. The fraction of sp³-hybridized carbons (Fsp3) is 0.588. The maximum absolute atomic E-state index is 5.88. The lowest BCUT2D eigenvalue weighted by molar-refractivity contribution is 0.259. The number of ether oxygens (including phenoxy) is 1. The fourth-order valence-corrected chi connectivity index (χ4v) is 2.20. The molecule has 22 heavy (non-hydrogen) atoms. The molecule has 2 N–H and O–H groups in total. The second kappa shape index (κ2) is 8.03. The van der Waals surface area contributed by atoms with E-state index in [9.17, 15) is 0 Å². The number of benzene rings is 1. The van der Waals surface area contributed by atoms with Crippen molar-refractivity contribution < 1.29 is 4.74 Å². The molecule has 0 amide bonds. The van der Waals surface area contributed by atoms with Crippen molar-refractivity contribution in [3.63, 3.8) is 0 Å². The highest BCUT2D eigenvalue weighted by Crippen LogP contribution is 2.28. The summed E-state index contributed by atoms with van der Waals surface area (Å²) in [4.78, 5) is 6.39. The number of nitrogens with zero attached hydrogens (tertiary/aromatic N) is 2. The molecule has 1 aliphatic carbocycles. The second-order valence-electron chi connectivity index (χ2n) is 6.15. The number of guanidine groups is 1. The molecule has 0 aliphatic heterocycles. The predicted octanol–water partition coefficient (Wildman–Crippen LogP) is 1.70. The maximum Gasteiger partial charge on any atom is 0.191 e. The molecule has 2 atom stereocenters. The van der Waals surface area contributed by atoms with Crippen molar-refractivity contribution in [2.24, 2.45) is 10.9 Å². The van der Waals surface area contributed by atoms with Gasteiger partial charge in [0, 0.05) is 31.7 Å². The minimum Gasteiger partial charge on any atom is -0.492 e. The topological polar surface area (TPSA) is 48.9 Å². The minimum absolute atomic E-state index is 0.567. The van der Waals surface area contributed by atoms with E-state index in [0.29, 0.717) is 19.2 Å². The van der Waals surface area contributed by atoms with E-state index in [0.717, 1.165) is 29.7 Å². The van der Waals surface area contributed by atoms with Crippen LogP contribution in [0.4, 0.5) is 0 Å². The van der Waals surface area contributed by atoms with Gasteiger partial charge in [-0.1, -0.05) is 25.1 Å². The number of likely N-dealkylation sites (N-methyl/N-ethyl adjacent to an activating group) is 1. The normalized spacial score (nSPS) is 20.9. The van der Waals surface area contributed by atoms with Gasteiger partial charge < -0.3 is 20.3 Å². The standard InChI is InChI=1S/C17H28N4O/c1-13-11-15(13)20-17(18-2)19-12-14-7-5-6-8-16(14)22-10-9-21(3)4/h5-8,13,15H,9-12H2,1-4H3,(H2,18,19,20). The monoisotopic (exact) mass is 304 g/mol. The van der Waals surface area contributed by atoms with Gasteiger partial charge in [0.1, 0.15) is 12.4 Å². The zero-order chi connectivity index (χ0) is 15.9. The zero-order valence-electron chi connectivity index (χ0n) is 14.1. The Morgan fingerprint density at radius 1 is 1.36 bits per heavy atom. The molecule has 1 aliphatic rings. The van der Waals surface area contributed by atoms with Crippen LogP contribution in [0.1, 0.15) is 18.9 Å². The van der Waals surface area contributed by atoms with Crippen molar-refractivity contribution in [3.05, 3.63) is 29.8 Å². The molecule has 0 bridgehead atoms. The molecule has 0 saturated heterocycles. The Bertz CT molecular complexity index is 501. The van der Waals surface area contributed by atoms with Crippen molar-refractivity contribution in [3.8, 4) is 5.75 Å². The third-order valence-electron chi connectivity index (χ3n) is 3.87. The van der Waals surface area contributed by atoms with Gasteiger partial charge in [-0.15, -0.1) is 0 Å². The van der Waals surface area contributed by atoms with Crippen LogP contribution in [0, 0.1) is 5.92 Å². The summed E-state index contributed by atoms with van der Waals surface area (Å²) in [6.45, 7) is 4.55. The number of rotatable bonds is 7. The first-order valence-electron chi connectivity index (χ1n) is 7.92. The smallest absolute Gasteiger partial charge is 0.191 e. The number of aliphatic imine (C=N–C) groups is 1. The van der Waals surface area contributed by atoms with Crippen molar-refractivity contribution in [1.29, 1.82) is 0 Å². The van der Waals surface area contributed by atoms with Gasteiger partial charge in [0.25, 0.3) is 0 Å². The molecular weight excluding hydrogens is 276 g/mol. The molecule has 0 spiro atoms. The quantitative estimate of drug-likeness (QED) is 0.595. The van der Waals surface area contributed by atoms with Gasteiger partial charge in [0.2, 0.25) is 0 Å². The van der Waals surface area contributed by atoms with E-state index in [2.05, 4.69) is 33.5 Å². The first kappa shape index (κ1) is 16.6. The van der Waals surface area contributed by atoms with Gasteiger partial charge in [-0.2, -0.15) is 0 Å². The van der Waals surface area contributed by atoms with Gasteiger partial charge in [-0.05, 0) is 32.5 Å². The van der Waals surface area contributed by atoms with E-state index in [1.165, 1.54) is 6.42 Å². The molecule has 1 fully saturated rings. The molecule has 0 aromatic heterocycles. The Labute approximate surface area is 133 Å². The summed E-state index contributed by atoms with van der Waals surface area (Å²) in [7, 11) is 5.90. The molecule has 1 aromatic rings. The summed E-state index contributed by atoms with van der Waals surface area (Å²) in [5, 5.41) is 6.80. The Kier molecular flexibility index (Phi) is 6.07. The molecule has 5 heteroatoms. The van der Waals surface area contributed by atoms with Crippen LogP contribution in [0.5, 0.6) is 5.75 Å². The summed E-state index contributed by atoms with van der Waals surface area (Å²) >= 11 is 0. The lowest BCUT2D eigenvalue weighted by atomic mass is 10.2. The number of para-hydroxylation sites is 1. The molecule has 5 nitrogen and oxygen atoms in total. The van der Waals surface area contributed by atoms with Crippen LogP contribution in [-0.4, -0.2) is 51.2 Å². The van der Waals surface area contributed by atoms with Crippen molar-refractivity contribution in [1.82, 2.24) is 15.5 Å². The highest BCUT2D eigenvalue weighted by atomic mass is 16.5. The van der Waals surface area contributed by atoms with Crippen LogP contribution in [0.15, 0.2) is 29.3 Å². The molecule has 2 unspecified atom stereocenters. The maximum atomic E-state index is 5.88. The molecule has 122 valence electrons. The summed E-state index contributed by atoms with van der Waals surface area (Å²) in [6, 6.07) is 8.72. The van der Waals surface area contributed by atoms with Gasteiger partial charge in [-0.25, -0.2) is 0 Å². The third-order valence-corrected chi connectivity index (χ3v) is 3.87. The van der Waals surface area contributed by atoms with E-state index in [1.807, 2.05) is 39.3 Å². The predicted molar refractivity (Wildman–Crippen MR) is 91.4 cm³/mol. The number of nitrogens with one attached hydrogen (secondary N) is 2. The largest absolute Gasteiger partial charge is 0.492 e. The third kappa shape index (κ3) is 5.22. The Morgan fingerprint density at radius 3 is 2.73 bits per heavy atom. The van der Waals surface area contributed by atoms with Crippen molar-refractivity contribution in [2.75, 3.05) is 34.3 Å². The van der Waals surface area contributed by atoms with Crippen LogP contribution >= 0.6 is 0 Å². The average molecular weight is 304 g/mol. The van der Waals surface area contributed by atoms with E-state index in [4.69, 9.17) is 4.74 Å². The highest BCUT2D eigenvalue weighted by molar-refractivity contribution is 5.80. The van der Waals surface area contributed by atoms with E-state index >= 15 is 0 Å². The van der Waals surface area contributed by atoms with Crippen LogP contribution in [0.3, 0.4) is 0 Å². The number of hydrogen-bond donors (Lipinski definition) is 2. The lowest BCUT2D eigenvalue weighted by Gasteiger charge is -2.16. The molecule has 0 heterocycles. The average Bonchev–Trinajstić information content (AvgIpc) is 3.19. The van der Waals surface area contributed by atoms with Crippen LogP contribution < -0.4 is 15.4 Å². The van der Waals surface area contributed by atoms with Gasteiger partial charge >= 0.3 is 0 Å². The number of hydrogen-bond acceptors (Lipinski definition) is 3.